The number of rotatable bonds is 8. The predicted octanol–water partition coefficient (Wildman–Crippen LogP) is 6.57. The Kier molecular flexibility index (Phi) is 8.59. The maximum Gasteiger partial charge on any atom is 0.280 e. The Labute approximate surface area is 202 Å². The van der Waals surface area contributed by atoms with Gasteiger partial charge in [0, 0.05) is 40.0 Å². The van der Waals surface area contributed by atoms with Crippen molar-refractivity contribution in [2.24, 2.45) is 0 Å². The standard InChI is InChI=1S/C28H37FN2O3/c1-17(2)30-28(32)24(29)16-23-18(3)27(34-6)25(19(4)26(23)33-5)20-12-14-22(15-13-20)31-21-10-8-7-9-11-21/h12-17,21,31H,7-11H2,1-6H3,(H,30,32). The SMILES string of the molecule is COc1c(C)c(-c2ccc(NC3CCCCC3)cc2)c(OC)c(C)c1C=C(F)C(=O)NC(C)C. The summed E-state index contributed by atoms with van der Waals surface area (Å²) >= 11 is 0. The molecule has 0 radical (unpaired) electrons. The van der Waals surface area contributed by atoms with E-state index in [0.29, 0.717) is 28.7 Å². The number of carbonyl (C=O) groups excluding carboxylic acids is 1. The molecule has 0 heterocycles. The number of methoxy groups -OCH3 is 2. The number of benzene rings is 2. The molecule has 2 aromatic carbocycles. The minimum Gasteiger partial charge on any atom is -0.496 e. The lowest BCUT2D eigenvalue weighted by Gasteiger charge is -2.24. The van der Waals surface area contributed by atoms with Crippen molar-refractivity contribution in [2.75, 3.05) is 19.5 Å². The summed E-state index contributed by atoms with van der Waals surface area (Å²) in [4.78, 5) is 12.1. The van der Waals surface area contributed by atoms with Crippen LogP contribution in [0.25, 0.3) is 17.2 Å². The van der Waals surface area contributed by atoms with Gasteiger partial charge in [0.05, 0.1) is 14.2 Å². The molecule has 184 valence electrons. The quantitative estimate of drug-likeness (QED) is 0.430. The average Bonchev–Trinajstić information content (AvgIpc) is 2.82. The van der Waals surface area contributed by atoms with E-state index in [0.717, 1.165) is 22.4 Å². The second-order valence-corrected chi connectivity index (χ2v) is 9.28. The molecule has 5 nitrogen and oxygen atoms in total. The normalized spacial score (nSPS) is 14.8. The number of hydrogen-bond acceptors (Lipinski definition) is 4. The second kappa shape index (κ2) is 11.4. The summed E-state index contributed by atoms with van der Waals surface area (Å²) in [7, 11) is 3.16. The van der Waals surface area contributed by atoms with E-state index in [4.69, 9.17) is 9.47 Å². The molecule has 2 aromatic rings. The average molecular weight is 469 g/mol. The van der Waals surface area contributed by atoms with Gasteiger partial charge in [0.15, 0.2) is 5.83 Å². The van der Waals surface area contributed by atoms with E-state index < -0.39 is 11.7 Å². The molecule has 0 spiro atoms. The van der Waals surface area contributed by atoms with Gasteiger partial charge in [-0.1, -0.05) is 31.4 Å². The summed E-state index contributed by atoms with van der Waals surface area (Å²) in [6, 6.07) is 8.70. The first-order valence-corrected chi connectivity index (χ1v) is 12.1. The fourth-order valence-corrected chi connectivity index (χ4v) is 4.74. The van der Waals surface area contributed by atoms with Gasteiger partial charge in [-0.25, -0.2) is 4.39 Å². The molecule has 1 amide bonds. The first-order valence-electron chi connectivity index (χ1n) is 12.1. The lowest BCUT2D eigenvalue weighted by Crippen LogP contribution is -2.30. The van der Waals surface area contributed by atoms with Crippen molar-refractivity contribution < 1.29 is 18.7 Å². The van der Waals surface area contributed by atoms with Gasteiger partial charge in [-0.3, -0.25) is 4.79 Å². The number of ether oxygens (including phenoxy) is 2. The lowest BCUT2D eigenvalue weighted by atomic mass is 9.91. The number of amides is 1. The van der Waals surface area contributed by atoms with Gasteiger partial charge in [0.2, 0.25) is 0 Å². The topological polar surface area (TPSA) is 59.6 Å². The van der Waals surface area contributed by atoms with Crippen LogP contribution >= 0.6 is 0 Å². The highest BCUT2D eigenvalue weighted by Crippen LogP contribution is 2.45. The van der Waals surface area contributed by atoms with Crippen LogP contribution in [0.15, 0.2) is 30.1 Å². The molecule has 0 atom stereocenters. The second-order valence-electron chi connectivity index (χ2n) is 9.28. The highest BCUT2D eigenvalue weighted by atomic mass is 19.1. The number of halogens is 1. The van der Waals surface area contributed by atoms with Gasteiger partial charge < -0.3 is 20.1 Å². The third-order valence-corrected chi connectivity index (χ3v) is 6.40. The van der Waals surface area contributed by atoms with E-state index in [1.54, 1.807) is 28.1 Å². The largest absolute Gasteiger partial charge is 0.496 e. The molecule has 1 fully saturated rings. The van der Waals surface area contributed by atoms with Crippen molar-refractivity contribution in [1.82, 2.24) is 5.32 Å². The zero-order valence-corrected chi connectivity index (χ0v) is 21.2. The molecular weight excluding hydrogens is 431 g/mol. The lowest BCUT2D eigenvalue weighted by molar-refractivity contribution is -0.119. The molecule has 34 heavy (non-hydrogen) atoms. The molecule has 0 aliphatic heterocycles. The van der Waals surface area contributed by atoms with E-state index in [1.165, 1.54) is 38.2 Å². The van der Waals surface area contributed by atoms with Gasteiger partial charge in [-0.05, 0) is 64.3 Å². The Morgan fingerprint density at radius 2 is 1.62 bits per heavy atom. The Morgan fingerprint density at radius 3 is 2.18 bits per heavy atom. The number of anilines is 1. The van der Waals surface area contributed by atoms with Crippen LogP contribution in [0, 0.1) is 13.8 Å². The van der Waals surface area contributed by atoms with E-state index in [2.05, 4.69) is 34.9 Å². The summed E-state index contributed by atoms with van der Waals surface area (Å²) in [5.74, 6) is -0.472. The zero-order chi connectivity index (χ0) is 24.8. The van der Waals surface area contributed by atoms with E-state index >= 15 is 0 Å². The Bertz CT molecular complexity index is 1040. The van der Waals surface area contributed by atoms with Crippen LogP contribution in [-0.4, -0.2) is 32.2 Å². The van der Waals surface area contributed by atoms with Crippen LogP contribution in [0.3, 0.4) is 0 Å². The van der Waals surface area contributed by atoms with Crippen molar-refractivity contribution in [3.8, 4) is 22.6 Å². The van der Waals surface area contributed by atoms with Crippen molar-refractivity contribution in [3.63, 3.8) is 0 Å². The third kappa shape index (κ3) is 5.72. The molecule has 1 saturated carbocycles. The third-order valence-electron chi connectivity index (χ3n) is 6.40. The Balaban J connectivity index is 2.00. The van der Waals surface area contributed by atoms with Crippen LogP contribution in [0.1, 0.15) is 62.6 Å². The van der Waals surface area contributed by atoms with Gasteiger partial charge in [0.1, 0.15) is 11.5 Å². The molecule has 0 aromatic heterocycles. The minimum atomic E-state index is -0.873. The number of hydrogen-bond donors (Lipinski definition) is 2. The first-order chi connectivity index (χ1) is 16.3. The predicted molar refractivity (Wildman–Crippen MR) is 137 cm³/mol. The molecule has 0 saturated heterocycles. The van der Waals surface area contributed by atoms with E-state index in [-0.39, 0.29) is 6.04 Å². The molecule has 2 N–H and O–H groups in total. The van der Waals surface area contributed by atoms with Crippen LogP contribution in [0.2, 0.25) is 0 Å². The summed E-state index contributed by atoms with van der Waals surface area (Å²) < 4.78 is 26.2. The Hall–Kier alpha value is -3.02. The minimum absolute atomic E-state index is 0.163. The summed E-state index contributed by atoms with van der Waals surface area (Å²) in [6.07, 6.45) is 7.55. The first kappa shape index (κ1) is 25.6. The van der Waals surface area contributed by atoms with Crippen molar-refractivity contribution in [3.05, 3.63) is 46.8 Å². The van der Waals surface area contributed by atoms with E-state index in [9.17, 15) is 9.18 Å². The van der Waals surface area contributed by atoms with Crippen molar-refractivity contribution in [1.29, 1.82) is 0 Å². The fourth-order valence-electron chi connectivity index (χ4n) is 4.74. The smallest absolute Gasteiger partial charge is 0.280 e. The molecule has 6 heteroatoms. The van der Waals surface area contributed by atoms with Gasteiger partial charge in [0.25, 0.3) is 5.91 Å². The zero-order valence-electron chi connectivity index (χ0n) is 21.2. The number of nitrogens with one attached hydrogen (secondary N) is 2. The summed E-state index contributed by atoms with van der Waals surface area (Å²) in [5.41, 5.74) is 5.00. The molecule has 0 unspecified atom stereocenters. The number of carbonyl (C=O) groups is 1. The molecular formula is C28H37FN2O3. The van der Waals surface area contributed by atoms with Crippen LogP contribution in [-0.2, 0) is 4.79 Å². The maximum atomic E-state index is 14.7. The highest BCUT2D eigenvalue weighted by molar-refractivity contribution is 5.97. The van der Waals surface area contributed by atoms with Crippen LogP contribution in [0.5, 0.6) is 11.5 Å². The molecule has 1 aliphatic rings. The van der Waals surface area contributed by atoms with Crippen LogP contribution < -0.4 is 20.1 Å². The fraction of sp³-hybridized carbons (Fsp3) is 0.464. The molecule has 1 aliphatic carbocycles. The van der Waals surface area contributed by atoms with Gasteiger partial charge >= 0.3 is 0 Å². The van der Waals surface area contributed by atoms with E-state index in [1.807, 2.05) is 13.8 Å². The summed E-state index contributed by atoms with van der Waals surface area (Å²) in [6.45, 7) is 7.35. The van der Waals surface area contributed by atoms with Crippen LogP contribution in [0.4, 0.5) is 10.1 Å². The maximum absolute atomic E-state index is 14.7. The summed E-state index contributed by atoms with van der Waals surface area (Å²) in [5, 5.41) is 6.22. The van der Waals surface area contributed by atoms with Gasteiger partial charge in [-0.15, -0.1) is 0 Å². The highest BCUT2D eigenvalue weighted by Gasteiger charge is 2.23. The molecule has 0 bridgehead atoms. The molecule has 3 rings (SSSR count). The monoisotopic (exact) mass is 468 g/mol. The van der Waals surface area contributed by atoms with Crippen molar-refractivity contribution in [2.45, 2.75) is 71.9 Å². The van der Waals surface area contributed by atoms with Crippen molar-refractivity contribution >= 4 is 17.7 Å². The van der Waals surface area contributed by atoms with Gasteiger partial charge in [-0.2, -0.15) is 0 Å². The Morgan fingerprint density at radius 1 is 1.00 bits per heavy atom.